The first-order valence-corrected chi connectivity index (χ1v) is 9.15. The van der Waals surface area contributed by atoms with Gasteiger partial charge in [-0.3, -0.25) is 9.89 Å². The average molecular weight is 356 g/mol. The van der Waals surface area contributed by atoms with Gasteiger partial charge in [0, 0.05) is 84.2 Å². The molecular weight excluding hydrogens is 328 g/mol. The number of hydrogen-bond acceptors (Lipinski definition) is 5. The van der Waals surface area contributed by atoms with E-state index in [-0.39, 0.29) is 0 Å². The number of piperazine rings is 1. The third-order valence-corrected chi connectivity index (χ3v) is 4.48. The number of anilines is 1. The van der Waals surface area contributed by atoms with Crippen molar-refractivity contribution in [2.75, 3.05) is 57.8 Å². The Kier molecular flexibility index (Phi) is 6.83. The van der Waals surface area contributed by atoms with Crippen LogP contribution in [0.25, 0.3) is 0 Å². The highest BCUT2D eigenvalue weighted by Crippen LogP contribution is 2.08. The van der Waals surface area contributed by atoms with Gasteiger partial charge in [-0.25, -0.2) is 9.97 Å². The van der Waals surface area contributed by atoms with Crippen LogP contribution in [0.4, 0.5) is 5.95 Å². The molecule has 3 heterocycles. The third kappa shape index (κ3) is 5.45. The van der Waals surface area contributed by atoms with Gasteiger partial charge < -0.3 is 20.1 Å². The Morgan fingerprint density at radius 3 is 2.27 bits per heavy atom. The monoisotopic (exact) mass is 356 g/mol. The van der Waals surface area contributed by atoms with Crippen LogP contribution in [0.2, 0.25) is 0 Å². The Balaban J connectivity index is 1.30. The van der Waals surface area contributed by atoms with E-state index in [1.807, 2.05) is 25.2 Å². The van der Waals surface area contributed by atoms with Gasteiger partial charge in [0.1, 0.15) is 0 Å². The van der Waals surface area contributed by atoms with Gasteiger partial charge in [-0.15, -0.1) is 0 Å². The van der Waals surface area contributed by atoms with Crippen molar-refractivity contribution in [3.8, 4) is 0 Å². The SMILES string of the molecule is CN=C(NCCN1CCN(c2ncccn2)CC1)NCCn1cccc1. The fourth-order valence-electron chi connectivity index (χ4n) is 3.00. The van der Waals surface area contributed by atoms with Crippen LogP contribution < -0.4 is 15.5 Å². The Hall–Kier alpha value is -2.61. The lowest BCUT2D eigenvalue weighted by Crippen LogP contribution is -2.49. The summed E-state index contributed by atoms with van der Waals surface area (Å²) in [5.74, 6) is 1.69. The topological polar surface area (TPSA) is 73.6 Å². The van der Waals surface area contributed by atoms with Crippen LogP contribution in [0.3, 0.4) is 0 Å². The summed E-state index contributed by atoms with van der Waals surface area (Å²) in [6, 6.07) is 5.93. The molecule has 0 spiro atoms. The van der Waals surface area contributed by atoms with Crippen molar-refractivity contribution in [2.45, 2.75) is 6.54 Å². The highest BCUT2D eigenvalue weighted by Gasteiger charge is 2.18. The van der Waals surface area contributed by atoms with Crippen LogP contribution in [0.1, 0.15) is 0 Å². The fraction of sp³-hybridized carbons (Fsp3) is 0.500. The predicted octanol–water partition coefficient (Wildman–Crippen LogP) is 0.265. The number of nitrogens with zero attached hydrogens (tertiary/aromatic N) is 6. The average Bonchev–Trinajstić information content (AvgIpc) is 3.21. The summed E-state index contributed by atoms with van der Waals surface area (Å²) < 4.78 is 2.15. The van der Waals surface area contributed by atoms with Gasteiger partial charge in [0.15, 0.2) is 5.96 Å². The van der Waals surface area contributed by atoms with Crippen molar-refractivity contribution >= 4 is 11.9 Å². The van der Waals surface area contributed by atoms with Crippen molar-refractivity contribution in [3.05, 3.63) is 43.0 Å². The maximum atomic E-state index is 4.33. The second-order valence-corrected chi connectivity index (χ2v) is 6.22. The number of guanidine groups is 1. The maximum absolute atomic E-state index is 4.33. The van der Waals surface area contributed by atoms with Crippen molar-refractivity contribution in [1.82, 2.24) is 30.1 Å². The first-order chi connectivity index (χ1) is 12.8. The minimum atomic E-state index is 0.831. The Labute approximate surface area is 155 Å². The van der Waals surface area contributed by atoms with Crippen molar-refractivity contribution < 1.29 is 0 Å². The van der Waals surface area contributed by atoms with Crippen molar-refractivity contribution in [2.24, 2.45) is 4.99 Å². The number of hydrogen-bond donors (Lipinski definition) is 2. The minimum Gasteiger partial charge on any atom is -0.355 e. The minimum absolute atomic E-state index is 0.831. The first kappa shape index (κ1) is 18.2. The molecule has 1 fully saturated rings. The molecule has 0 bridgehead atoms. The second-order valence-electron chi connectivity index (χ2n) is 6.22. The molecule has 0 amide bonds. The number of nitrogens with one attached hydrogen (secondary N) is 2. The predicted molar refractivity (Wildman–Crippen MR) is 104 cm³/mol. The molecule has 2 N–H and O–H groups in total. The molecule has 1 aliphatic heterocycles. The highest BCUT2D eigenvalue weighted by atomic mass is 15.3. The maximum Gasteiger partial charge on any atom is 0.225 e. The summed E-state index contributed by atoms with van der Waals surface area (Å²) in [4.78, 5) is 17.6. The summed E-state index contributed by atoms with van der Waals surface area (Å²) in [6.07, 6.45) is 7.73. The first-order valence-electron chi connectivity index (χ1n) is 9.15. The smallest absolute Gasteiger partial charge is 0.225 e. The van der Waals surface area contributed by atoms with Gasteiger partial charge in [0.25, 0.3) is 0 Å². The van der Waals surface area contributed by atoms with Crippen LogP contribution in [0, 0.1) is 0 Å². The van der Waals surface area contributed by atoms with Gasteiger partial charge in [0.05, 0.1) is 0 Å². The van der Waals surface area contributed by atoms with Gasteiger partial charge >= 0.3 is 0 Å². The Morgan fingerprint density at radius 2 is 1.62 bits per heavy atom. The summed E-state index contributed by atoms with van der Waals surface area (Å²) >= 11 is 0. The normalized spacial score (nSPS) is 15.9. The summed E-state index contributed by atoms with van der Waals surface area (Å²) in [6.45, 7) is 7.65. The van der Waals surface area contributed by atoms with Crippen LogP contribution >= 0.6 is 0 Å². The molecular formula is C18H28N8. The fourth-order valence-corrected chi connectivity index (χ4v) is 3.00. The van der Waals surface area contributed by atoms with Crippen molar-refractivity contribution in [1.29, 1.82) is 0 Å². The molecule has 0 unspecified atom stereocenters. The lowest BCUT2D eigenvalue weighted by atomic mass is 10.3. The summed E-state index contributed by atoms with van der Waals surface area (Å²) in [5.41, 5.74) is 0. The summed E-state index contributed by atoms with van der Waals surface area (Å²) in [7, 11) is 1.81. The van der Waals surface area contributed by atoms with E-state index in [1.165, 1.54) is 0 Å². The molecule has 0 aromatic carbocycles. The molecule has 3 rings (SSSR count). The largest absolute Gasteiger partial charge is 0.355 e. The lowest BCUT2D eigenvalue weighted by molar-refractivity contribution is 0.260. The molecule has 8 heteroatoms. The van der Waals surface area contributed by atoms with Crippen molar-refractivity contribution in [3.63, 3.8) is 0 Å². The number of aliphatic imine (C=N–C) groups is 1. The molecule has 1 aliphatic rings. The quantitative estimate of drug-likeness (QED) is 0.548. The van der Waals surface area contributed by atoms with E-state index in [0.717, 1.165) is 64.3 Å². The molecule has 0 atom stereocenters. The van der Waals surface area contributed by atoms with Gasteiger partial charge in [-0.05, 0) is 18.2 Å². The van der Waals surface area contributed by atoms with E-state index in [0.29, 0.717) is 0 Å². The van der Waals surface area contributed by atoms with Gasteiger partial charge in [-0.1, -0.05) is 0 Å². The van der Waals surface area contributed by atoms with E-state index in [4.69, 9.17) is 0 Å². The molecule has 2 aromatic rings. The highest BCUT2D eigenvalue weighted by molar-refractivity contribution is 5.79. The van der Waals surface area contributed by atoms with Crippen LogP contribution in [-0.2, 0) is 6.54 Å². The molecule has 0 aliphatic carbocycles. The van der Waals surface area contributed by atoms with E-state index in [9.17, 15) is 0 Å². The standard InChI is InChI=1S/C18H28N8/c1-19-17(20-7-11-24-9-2-3-10-24)21-8-12-25-13-15-26(16-14-25)18-22-5-4-6-23-18/h2-6,9-10H,7-8,11-16H2,1H3,(H2,19,20,21). The molecule has 0 saturated carbocycles. The molecule has 140 valence electrons. The molecule has 2 aromatic heterocycles. The zero-order valence-corrected chi connectivity index (χ0v) is 15.4. The molecule has 0 radical (unpaired) electrons. The van der Waals surface area contributed by atoms with Crippen LogP contribution in [0.15, 0.2) is 48.0 Å². The Bertz CT molecular complexity index is 647. The molecule has 1 saturated heterocycles. The van der Waals surface area contributed by atoms with Crippen LogP contribution in [-0.4, -0.2) is 78.3 Å². The second kappa shape index (κ2) is 9.76. The Morgan fingerprint density at radius 1 is 0.962 bits per heavy atom. The van der Waals surface area contributed by atoms with Gasteiger partial charge in [0.2, 0.25) is 5.95 Å². The zero-order chi connectivity index (χ0) is 18.0. The number of aromatic nitrogens is 3. The van der Waals surface area contributed by atoms with E-state index in [1.54, 1.807) is 12.4 Å². The van der Waals surface area contributed by atoms with E-state index in [2.05, 4.69) is 52.4 Å². The lowest BCUT2D eigenvalue weighted by Gasteiger charge is -2.34. The zero-order valence-electron chi connectivity index (χ0n) is 15.4. The third-order valence-electron chi connectivity index (χ3n) is 4.48. The van der Waals surface area contributed by atoms with Crippen LogP contribution in [0.5, 0.6) is 0 Å². The van der Waals surface area contributed by atoms with E-state index >= 15 is 0 Å². The molecule has 26 heavy (non-hydrogen) atoms. The summed E-state index contributed by atoms with van der Waals surface area (Å²) in [5, 5.41) is 6.74. The van der Waals surface area contributed by atoms with Gasteiger partial charge in [-0.2, -0.15) is 0 Å². The number of rotatable bonds is 7. The molecule has 8 nitrogen and oxygen atoms in total. The van der Waals surface area contributed by atoms with E-state index < -0.39 is 0 Å².